The SMILES string of the molecule is CC1CCN(C(=O)Cn2cc(CN(C)C)c3ccnc(-c4cccs4)c32)CC1. The molecule has 1 aliphatic rings. The van der Waals surface area contributed by atoms with Crippen LogP contribution in [0.5, 0.6) is 0 Å². The largest absolute Gasteiger partial charge is 0.341 e. The quantitative estimate of drug-likeness (QED) is 0.652. The second-order valence-corrected chi connectivity index (χ2v) is 9.06. The van der Waals surface area contributed by atoms with E-state index in [9.17, 15) is 4.79 Å². The fourth-order valence-electron chi connectivity index (χ4n) is 4.01. The minimum Gasteiger partial charge on any atom is -0.341 e. The molecular weight excluding hydrogens is 368 g/mol. The summed E-state index contributed by atoms with van der Waals surface area (Å²) in [5.41, 5.74) is 3.28. The highest BCUT2D eigenvalue weighted by molar-refractivity contribution is 7.13. The number of rotatable bonds is 5. The van der Waals surface area contributed by atoms with Gasteiger partial charge in [-0.1, -0.05) is 13.0 Å². The van der Waals surface area contributed by atoms with Crippen molar-refractivity contribution in [2.75, 3.05) is 27.2 Å². The molecule has 1 saturated heterocycles. The van der Waals surface area contributed by atoms with Gasteiger partial charge in [-0.25, -0.2) is 0 Å². The highest BCUT2D eigenvalue weighted by Crippen LogP contribution is 2.33. The van der Waals surface area contributed by atoms with Crippen LogP contribution in [0.4, 0.5) is 0 Å². The summed E-state index contributed by atoms with van der Waals surface area (Å²) in [4.78, 5) is 23.0. The molecule has 0 N–H and O–H groups in total. The molecule has 0 aliphatic carbocycles. The van der Waals surface area contributed by atoms with Gasteiger partial charge < -0.3 is 14.4 Å². The number of hydrogen-bond acceptors (Lipinski definition) is 4. The molecule has 4 rings (SSSR count). The van der Waals surface area contributed by atoms with Crippen LogP contribution in [0.3, 0.4) is 0 Å². The molecule has 0 atom stereocenters. The van der Waals surface area contributed by atoms with Crippen LogP contribution in [0, 0.1) is 5.92 Å². The average molecular weight is 397 g/mol. The van der Waals surface area contributed by atoms with Gasteiger partial charge in [0.1, 0.15) is 12.2 Å². The summed E-state index contributed by atoms with van der Waals surface area (Å²) in [6.07, 6.45) is 6.24. The first kappa shape index (κ1) is 19.2. The lowest BCUT2D eigenvalue weighted by atomic mass is 9.99. The number of aromatic nitrogens is 2. The molecular formula is C22H28N4OS. The number of carbonyl (C=O) groups is 1. The van der Waals surface area contributed by atoms with E-state index in [2.05, 4.69) is 65.2 Å². The number of piperidine rings is 1. The Hall–Kier alpha value is -2.18. The van der Waals surface area contributed by atoms with Crippen LogP contribution in [-0.2, 0) is 17.9 Å². The van der Waals surface area contributed by atoms with E-state index < -0.39 is 0 Å². The van der Waals surface area contributed by atoms with E-state index in [4.69, 9.17) is 0 Å². The predicted octanol–water partition coefficient (Wildman–Crippen LogP) is 4.08. The number of carbonyl (C=O) groups excluding carboxylic acids is 1. The zero-order valence-electron chi connectivity index (χ0n) is 16.9. The van der Waals surface area contributed by atoms with E-state index in [1.54, 1.807) is 11.3 Å². The van der Waals surface area contributed by atoms with Gasteiger partial charge in [0.2, 0.25) is 5.91 Å². The minimum absolute atomic E-state index is 0.209. The normalized spacial score (nSPS) is 15.6. The van der Waals surface area contributed by atoms with Crippen molar-refractivity contribution < 1.29 is 4.79 Å². The molecule has 0 unspecified atom stereocenters. The van der Waals surface area contributed by atoms with Crippen LogP contribution >= 0.6 is 11.3 Å². The molecule has 4 heterocycles. The van der Waals surface area contributed by atoms with Crippen molar-refractivity contribution in [3.8, 4) is 10.6 Å². The Morgan fingerprint density at radius 1 is 1.29 bits per heavy atom. The topological polar surface area (TPSA) is 41.4 Å². The standard InChI is InChI=1S/C22H28N4OS/c1-16-7-10-25(11-8-16)20(27)15-26-14-17(13-24(2)3)18-6-9-23-21(22(18)26)19-5-4-12-28-19/h4-6,9,12,14,16H,7-8,10-11,13,15H2,1-3H3. The molecule has 0 aromatic carbocycles. The summed E-state index contributed by atoms with van der Waals surface area (Å²) in [7, 11) is 4.15. The summed E-state index contributed by atoms with van der Waals surface area (Å²) in [6, 6.07) is 6.23. The molecule has 1 fully saturated rings. The molecule has 1 aliphatic heterocycles. The lowest BCUT2D eigenvalue weighted by Crippen LogP contribution is -2.39. The van der Waals surface area contributed by atoms with E-state index in [0.29, 0.717) is 6.54 Å². The van der Waals surface area contributed by atoms with Crippen LogP contribution in [0.2, 0.25) is 0 Å². The Morgan fingerprint density at radius 3 is 2.75 bits per heavy atom. The molecule has 6 heteroatoms. The van der Waals surface area contributed by atoms with Gasteiger partial charge >= 0.3 is 0 Å². The maximum absolute atomic E-state index is 13.0. The van der Waals surface area contributed by atoms with E-state index >= 15 is 0 Å². The van der Waals surface area contributed by atoms with Crippen molar-refractivity contribution in [2.45, 2.75) is 32.9 Å². The van der Waals surface area contributed by atoms with Crippen molar-refractivity contribution >= 4 is 28.1 Å². The Kier molecular flexibility index (Phi) is 5.51. The fraction of sp³-hybridized carbons (Fsp3) is 0.455. The van der Waals surface area contributed by atoms with E-state index in [1.165, 1.54) is 10.9 Å². The van der Waals surface area contributed by atoms with Gasteiger partial charge in [-0.3, -0.25) is 9.78 Å². The van der Waals surface area contributed by atoms with Crippen molar-refractivity contribution in [1.29, 1.82) is 0 Å². The lowest BCUT2D eigenvalue weighted by molar-refractivity contribution is -0.133. The number of pyridine rings is 1. The Balaban J connectivity index is 1.73. The molecule has 0 bridgehead atoms. The Labute approximate surface area is 170 Å². The molecule has 0 spiro atoms. The van der Waals surface area contributed by atoms with Crippen LogP contribution < -0.4 is 0 Å². The van der Waals surface area contributed by atoms with Gasteiger partial charge in [-0.15, -0.1) is 11.3 Å². The molecule has 0 radical (unpaired) electrons. The second kappa shape index (κ2) is 8.05. The Morgan fingerprint density at radius 2 is 2.07 bits per heavy atom. The first-order valence-corrected chi connectivity index (χ1v) is 10.8. The summed E-state index contributed by atoms with van der Waals surface area (Å²) in [5.74, 6) is 0.930. The molecule has 5 nitrogen and oxygen atoms in total. The van der Waals surface area contributed by atoms with Crippen LogP contribution in [0.25, 0.3) is 21.5 Å². The fourth-order valence-corrected chi connectivity index (χ4v) is 4.74. The third-order valence-electron chi connectivity index (χ3n) is 5.55. The Bertz CT molecular complexity index is 952. The zero-order valence-corrected chi connectivity index (χ0v) is 17.7. The number of fused-ring (bicyclic) bond motifs is 1. The predicted molar refractivity (Wildman–Crippen MR) is 115 cm³/mol. The number of nitrogens with zero attached hydrogens (tertiary/aromatic N) is 4. The zero-order chi connectivity index (χ0) is 19.7. The molecule has 3 aromatic heterocycles. The van der Waals surface area contributed by atoms with Gasteiger partial charge in [0, 0.05) is 37.4 Å². The van der Waals surface area contributed by atoms with Crippen molar-refractivity contribution in [3.05, 3.63) is 41.5 Å². The van der Waals surface area contributed by atoms with Crippen LogP contribution in [0.15, 0.2) is 36.0 Å². The number of thiophene rings is 1. The summed E-state index contributed by atoms with van der Waals surface area (Å²) < 4.78 is 2.12. The van der Waals surface area contributed by atoms with E-state index in [1.807, 2.05) is 11.1 Å². The van der Waals surface area contributed by atoms with E-state index in [0.717, 1.165) is 54.5 Å². The van der Waals surface area contributed by atoms with Gasteiger partial charge in [0.05, 0.1) is 10.4 Å². The van der Waals surface area contributed by atoms with Gasteiger partial charge in [0.15, 0.2) is 0 Å². The van der Waals surface area contributed by atoms with Gasteiger partial charge in [-0.05, 0) is 55.9 Å². The third kappa shape index (κ3) is 3.84. The van der Waals surface area contributed by atoms with Crippen molar-refractivity contribution in [3.63, 3.8) is 0 Å². The maximum Gasteiger partial charge on any atom is 0.242 e. The average Bonchev–Trinajstić information content (AvgIpc) is 3.31. The summed E-state index contributed by atoms with van der Waals surface area (Å²) in [6.45, 7) is 5.24. The minimum atomic E-state index is 0.209. The molecule has 1 amide bonds. The molecule has 148 valence electrons. The number of likely N-dealkylation sites (tertiary alicyclic amines) is 1. The van der Waals surface area contributed by atoms with E-state index in [-0.39, 0.29) is 5.91 Å². The number of hydrogen-bond donors (Lipinski definition) is 0. The molecule has 0 saturated carbocycles. The highest BCUT2D eigenvalue weighted by atomic mass is 32.1. The lowest BCUT2D eigenvalue weighted by Gasteiger charge is -2.30. The third-order valence-corrected chi connectivity index (χ3v) is 6.43. The smallest absolute Gasteiger partial charge is 0.242 e. The number of amides is 1. The molecule has 3 aromatic rings. The first-order valence-electron chi connectivity index (χ1n) is 9.96. The van der Waals surface area contributed by atoms with Gasteiger partial charge in [0.25, 0.3) is 0 Å². The summed E-state index contributed by atoms with van der Waals surface area (Å²) in [5, 5.41) is 3.26. The second-order valence-electron chi connectivity index (χ2n) is 8.12. The van der Waals surface area contributed by atoms with Crippen LogP contribution in [0.1, 0.15) is 25.3 Å². The van der Waals surface area contributed by atoms with Crippen molar-refractivity contribution in [2.24, 2.45) is 5.92 Å². The first-order chi connectivity index (χ1) is 13.5. The maximum atomic E-state index is 13.0. The van der Waals surface area contributed by atoms with Crippen LogP contribution in [-0.4, -0.2) is 52.4 Å². The van der Waals surface area contributed by atoms with Gasteiger partial charge in [-0.2, -0.15) is 0 Å². The summed E-state index contributed by atoms with van der Waals surface area (Å²) >= 11 is 1.69. The monoisotopic (exact) mass is 396 g/mol. The van der Waals surface area contributed by atoms with Crippen molar-refractivity contribution in [1.82, 2.24) is 19.4 Å². The molecule has 28 heavy (non-hydrogen) atoms. The highest BCUT2D eigenvalue weighted by Gasteiger charge is 2.22.